The van der Waals surface area contributed by atoms with Gasteiger partial charge in [0.15, 0.2) is 0 Å². The molecule has 0 saturated carbocycles. The maximum atomic E-state index is 12.8. The minimum absolute atomic E-state index is 0.0269. The van der Waals surface area contributed by atoms with Crippen molar-refractivity contribution in [3.63, 3.8) is 0 Å². The first-order valence-corrected chi connectivity index (χ1v) is 9.97. The molecular formula is C19H20N4O3S. The molecule has 27 heavy (non-hydrogen) atoms. The van der Waals surface area contributed by atoms with E-state index >= 15 is 0 Å². The molecule has 0 unspecified atom stereocenters. The number of nitrogens with one attached hydrogen (secondary N) is 1. The zero-order valence-corrected chi connectivity index (χ0v) is 15.5. The molecule has 0 bridgehead atoms. The lowest BCUT2D eigenvalue weighted by atomic mass is 10.1. The highest BCUT2D eigenvalue weighted by molar-refractivity contribution is 7.89. The van der Waals surface area contributed by atoms with Gasteiger partial charge in [-0.15, -0.1) is 6.42 Å². The summed E-state index contributed by atoms with van der Waals surface area (Å²) in [4.78, 5) is 20.8. The molecule has 1 amide bonds. The van der Waals surface area contributed by atoms with Crippen LogP contribution in [0.2, 0.25) is 0 Å². The average molecular weight is 384 g/mol. The molecule has 1 aliphatic heterocycles. The van der Waals surface area contributed by atoms with Crippen molar-refractivity contribution in [2.75, 3.05) is 37.6 Å². The van der Waals surface area contributed by atoms with Crippen molar-refractivity contribution in [3.8, 4) is 12.3 Å². The Bertz CT molecular complexity index is 946. The van der Waals surface area contributed by atoms with E-state index in [4.69, 9.17) is 6.42 Å². The fraction of sp³-hybridized carbons (Fsp3) is 0.263. The first-order chi connectivity index (χ1) is 13.0. The van der Waals surface area contributed by atoms with Crippen LogP contribution in [0.4, 0.5) is 5.69 Å². The van der Waals surface area contributed by atoms with E-state index in [2.05, 4.69) is 20.5 Å². The highest BCUT2D eigenvalue weighted by atomic mass is 32.2. The van der Waals surface area contributed by atoms with Crippen LogP contribution >= 0.6 is 0 Å². The molecule has 140 valence electrons. The van der Waals surface area contributed by atoms with E-state index in [-0.39, 0.29) is 17.3 Å². The molecule has 2 heterocycles. The Morgan fingerprint density at radius 3 is 2.52 bits per heavy atom. The molecular weight excluding hydrogens is 364 g/mol. The summed E-state index contributed by atoms with van der Waals surface area (Å²) >= 11 is 0. The van der Waals surface area contributed by atoms with E-state index in [0.717, 1.165) is 5.69 Å². The number of carbonyl (C=O) groups excluding carboxylic acids is 1. The molecule has 8 heteroatoms. The highest BCUT2D eigenvalue weighted by Crippen LogP contribution is 2.18. The number of anilines is 1. The van der Waals surface area contributed by atoms with Crippen LogP contribution in [-0.4, -0.2) is 56.9 Å². The normalized spacial score (nSPS) is 14.6. The molecule has 1 fully saturated rings. The van der Waals surface area contributed by atoms with Crippen LogP contribution in [-0.2, 0) is 10.0 Å². The zero-order valence-electron chi connectivity index (χ0n) is 14.7. The van der Waals surface area contributed by atoms with Gasteiger partial charge in [-0.3, -0.25) is 9.78 Å². The number of carbonyl (C=O) groups is 1. The van der Waals surface area contributed by atoms with Gasteiger partial charge in [0.1, 0.15) is 0 Å². The lowest BCUT2D eigenvalue weighted by Gasteiger charge is -2.36. The van der Waals surface area contributed by atoms with Gasteiger partial charge in [-0.05, 0) is 30.3 Å². The lowest BCUT2D eigenvalue weighted by molar-refractivity contribution is 0.0746. The number of benzene rings is 1. The molecule has 0 radical (unpaired) electrons. The van der Waals surface area contributed by atoms with Gasteiger partial charge in [0.2, 0.25) is 10.0 Å². The third-order valence-electron chi connectivity index (χ3n) is 4.35. The van der Waals surface area contributed by atoms with Gasteiger partial charge in [-0.2, -0.15) is 4.72 Å². The number of sulfonamides is 1. The van der Waals surface area contributed by atoms with Gasteiger partial charge in [0.25, 0.3) is 5.91 Å². The molecule has 7 nitrogen and oxygen atoms in total. The van der Waals surface area contributed by atoms with Gasteiger partial charge in [-0.1, -0.05) is 12.0 Å². The van der Waals surface area contributed by atoms with Crippen molar-refractivity contribution in [3.05, 3.63) is 54.4 Å². The van der Waals surface area contributed by atoms with Crippen LogP contribution in [0.15, 0.2) is 53.7 Å². The Morgan fingerprint density at radius 2 is 1.85 bits per heavy atom. The van der Waals surface area contributed by atoms with E-state index < -0.39 is 10.0 Å². The second kappa shape index (κ2) is 8.20. The third kappa shape index (κ3) is 4.45. The highest BCUT2D eigenvalue weighted by Gasteiger charge is 2.23. The maximum absolute atomic E-state index is 12.8. The van der Waals surface area contributed by atoms with Crippen molar-refractivity contribution in [2.45, 2.75) is 4.90 Å². The van der Waals surface area contributed by atoms with E-state index in [1.807, 2.05) is 12.1 Å². The second-order valence-electron chi connectivity index (χ2n) is 6.04. The number of hydrogen-bond acceptors (Lipinski definition) is 5. The number of terminal acetylenes is 1. The fourth-order valence-electron chi connectivity index (χ4n) is 2.92. The molecule has 1 aromatic heterocycles. The Labute approximate surface area is 159 Å². The van der Waals surface area contributed by atoms with Crippen LogP contribution < -0.4 is 9.62 Å². The Morgan fingerprint density at radius 1 is 1.15 bits per heavy atom. The predicted molar refractivity (Wildman–Crippen MR) is 103 cm³/mol. The molecule has 0 aliphatic carbocycles. The minimum atomic E-state index is -3.73. The monoisotopic (exact) mass is 384 g/mol. The first kappa shape index (κ1) is 18.9. The van der Waals surface area contributed by atoms with Gasteiger partial charge >= 0.3 is 0 Å². The summed E-state index contributed by atoms with van der Waals surface area (Å²) in [5.74, 6) is 2.04. The van der Waals surface area contributed by atoms with Crippen molar-refractivity contribution in [1.82, 2.24) is 14.6 Å². The maximum Gasteiger partial charge on any atom is 0.254 e. The van der Waals surface area contributed by atoms with Gasteiger partial charge < -0.3 is 9.80 Å². The van der Waals surface area contributed by atoms with Gasteiger partial charge in [0, 0.05) is 49.8 Å². The molecule has 0 atom stereocenters. The number of aromatic nitrogens is 1. The molecule has 3 rings (SSSR count). The SMILES string of the molecule is C#CCNS(=O)(=O)c1cccc(C(=O)N2CCN(c3ccncc3)CC2)c1. The van der Waals surface area contributed by atoms with Crippen LogP contribution in [0.1, 0.15) is 10.4 Å². The van der Waals surface area contributed by atoms with E-state index in [9.17, 15) is 13.2 Å². The number of piperazine rings is 1. The number of rotatable bonds is 5. The van der Waals surface area contributed by atoms with Gasteiger partial charge in [0.05, 0.1) is 11.4 Å². The lowest BCUT2D eigenvalue weighted by Crippen LogP contribution is -2.48. The average Bonchev–Trinajstić information content (AvgIpc) is 2.72. The summed E-state index contributed by atoms with van der Waals surface area (Å²) < 4.78 is 26.7. The molecule has 0 spiro atoms. The first-order valence-electron chi connectivity index (χ1n) is 8.49. The van der Waals surface area contributed by atoms with Crippen molar-refractivity contribution in [2.24, 2.45) is 0 Å². The molecule has 1 N–H and O–H groups in total. The topological polar surface area (TPSA) is 82.6 Å². The van der Waals surface area contributed by atoms with Gasteiger partial charge in [-0.25, -0.2) is 8.42 Å². The molecule has 1 saturated heterocycles. The number of nitrogens with zero attached hydrogens (tertiary/aromatic N) is 3. The van der Waals surface area contributed by atoms with Crippen LogP contribution in [0.5, 0.6) is 0 Å². The smallest absolute Gasteiger partial charge is 0.254 e. The number of amides is 1. The number of hydrogen-bond donors (Lipinski definition) is 1. The summed E-state index contributed by atoms with van der Waals surface area (Å²) in [5, 5.41) is 0. The standard InChI is InChI=1S/C19H20N4O3S/c1-2-8-21-27(25,26)18-5-3-4-16(15-18)19(24)23-13-11-22(12-14-23)17-6-9-20-10-7-17/h1,3-7,9-10,15,21H,8,11-14H2. The van der Waals surface area contributed by atoms with E-state index in [1.165, 1.54) is 12.1 Å². The van der Waals surface area contributed by atoms with Crippen LogP contribution in [0.3, 0.4) is 0 Å². The molecule has 2 aromatic rings. The number of pyridine rings is 1. The van der Waals surface area contributed by atoms with Crippen molar-refractivity contribution >= 4 is 21.6 Å². The molecule has 1 aliphatic rings. The van der Waals surface area contributed by atoms with Crippen LogP contribution in [0, 0.1) is 12.3 Å². The van der Waals surface area contributed by atoms with Crippen molar-refractivity contribution < 1.29 is 13.2 Å². The molecule has 1 aromatic carbocycles. The quantitative estimate of drug-likeness (QED) is 0.777. The minimum Gasteiger partial charge on any atom is -0.368 e. The summed E-state index contributed by atoms with van der Waals surface area (Å²) in [6.07, 6.45) is 8.58. The summed E-state index contributed by atoms with van der Waals surface area (Å²) in [6, 6.07) is 9.89. The summed E-state index contributed by atoms with van der Waals surface area (Å²) in [5.41, 5.74) is 1.42. The van der Waals surface area contributed by atoms with Crippen molar-refractivity contribution in [1.29, 1.82) is 0 Å². The third-order valence-corrected chi connectivity index (χ3v) is 5.75. The zero-order chi connectivity index (χ0) is 19.3. The Hall–Kier alpha value is -2.89. The summed E-state index contributed by atoms with van der Waals surface area (Å²) in [7, 11) is -3.73. The fourth-order valence-corrected chi connectivity index (χ4v) is 3.90. The second-order valence-corrected chi connectivity index (χ2v) is 7.81. The van der Waals surface area contributed by atoms with E-state index in [1.54, 1.807) is 29.4 Å². The predicted octanol–water partition coefficient (Wildman–Crippen LogP) is 0.955. The Kier molecular flexibility index (Phi) is 5.74. The van der Waals surface area contributed by atoms with E-state index in [0.29, 0.717) is 31.7 Å². The van der Waals surface area contributed by atoms with Crippen LogP contribution in [0.25, 0.3) is 0 Å². The Balaban J connectivity index is 1.69. The summed E-state index contributed by atoms with van der Waals surface area (Å²) in [6.45, 7) is 2.44. The largest absolute Gasteiger partial charge is 0.368 e.